The molecule has 0 saturated carbocycles. The number of hydrogen-bond acceptors (Lipinski definition) is 3. The average Bonchev–Trinajstić information content (AvgIpc) is 2.40. The van der Waals surface area contributed by atoms with Crippen LogP contribution in [0.4, 0.5) is 5.69 Å². The first-order valence-electron chi connectivity index (χ1n) is 6.27. The second-order valence-electron chi connectivity index (χ2n) is 4.66. The first-order chi connectivity index (χ1) is 8.75. The molecule has 2 aromatic rings. The van der Waals surface area contributed by atoms with Crippen molar-refractivity contribution in [3.8, 4) is 0 Å². The number of para-hydroxylation sites is 1. The van der Waals surface area contributed by atoms with Crippen LogP contribution in [0.3, 0.4) is 0 Å². The third-order valence-electron chi connectivity index (χ3n) is 3.35. The zero-order chi connectivity index (χ0) is 12.5. The molecule has 1 aliphatic heterocycles. The predicted molar refractivity (Wildman–Crippen MR) is 79.3 cm³/mol. The number of benzene rings is 1. The van der Waals surface area contributed by atoms with E-state index in [-0.39, 0.29) is 0 Å². The Morgan fingerprint density at radius 2 is 2.06 bits per heavy atom. The van der Waals surface area contributed by atoms with Crippen LogP contribution in [0.2, 0.25) is 0 Å². The molecular formula is C14H16BrN3. The minimum absolute atomic E-state index is 1.05. The number of hydrogen-bond donors (Lipinski definition) is 1. The Bertz CT molecular complexity index is 577. The summed E-state index contributed by atoms with van der Waals surface area (Å²) in [7, 11) is 0. The second kappa shape index (κ2) is 4.86. The van der Waals surface area contributed by atoms with Crippen LogP contribution in [0, 0.1) is 6.92 Å². The Balaban J connectivity index is 2.18. The van der Waals surface area contributed by atoms with E-state index in [0.717, 1.165) is 41.9 Å². The van der Waals surface area contributed by atoms with Crippen LogP contribution >= 0.6 is 15.9 Å². The highest BCUT2D eigenvalue weighted by Gasteiger charge is 2.15. The Morgan fingerprint density at radius 3 is 2.83 bits per heavy atom. The van der Waals surface area contributed by atoms with Crippen LogP contribution in [0.25, 0.3) is 10.9 Å². The van der Waals surface area contributed by atoms with Crippen LogP contribution in [-0.4, -0.2) is 31.2 Å². The van der Waals surface area contributed by atoms with E-state index in [4.69, 9.17) is 0 Å². The van der Waals surface area contributed by atoms with Gasteiger partial charge in [-0.2, -0.15) is 0 Å². The molecule has 1 aliphatic rings. The van der Waals surface area contributed by atoms with E-state index in [9.17, 15) is 0 Å². The van der Waals surface area contributed by atoms with Crippen LogP contribution in [0.15, 0.2) is 28.7 Å². The lowest BCUT2D eigenvalue weighted by atomic mass is 10.1. The summed E-state index contributed by atoms with van der Waals surface area (Å²) in [6, 6.07) is 8.48. The smallest absolute Gasteiger partial charge is 0.0867 e. The Kier molecular flexibility index (Phi) is 3.22. The molecule has 18 heavy (non-hydrogen) atoms. The molecule has 0 radical (unpaired) electrons. The fourth-order valence-corrected chi connectivity index (χ4v) is 2.94. The number of pyridine rings is 1. The molecule has 0 unspecified atom stereocenters. The van der Waals surface area contributed by atoms with E-state index >= 15 is 0 Å². The molecule has 0 spiro atoms. The largest absolute Gasteiger partial charge is 0.368 e. The summed E-state index contributed by atoms with van der Waals surface area (Å²) in [5.74, 6) is 0. The zero-order valence-corrected chi connectivity index (χ0v) is 12.0. The van der Waals surface area contributed by atoms with E-state index in [0.29, 0.717) is 0 Å². The van der Waals surface area contributed by atoms with Gasteiger partial charge in [-0.05, 0) is 35.0 Å². The lowest BCUT2D eigenvalue weighted by Crippen LogP contribution is -2.43. The number of nitrogens with one attached hydrogen (secondary N) is 1. The molecule has 1 fully saturated rings. The maximum Gasteiger partial charge on any atom is 0.0867 e. The van der Waals surface area contributed by atoms with Gasteiger partial charge in [-0.25, -0.2) is 0 Å². The van der Waals surface area contributed by atoms with E-state index in [1.807, 2.05) is 0 Å². The van der Waals surface area contributed by atoms with Gasteiger partial charge in [0, 0.05) is 47.4 Å². The highest BCUT2D eigenvalue weighted by molar-refractivity contribution is 9.10. The molecule has 0 amide bonds. The van der Waals surface area contributed by atoms with Crippen molar-refractivity contribution in [3.05, 3.63) is 34.4 Å². The van der Waals surface area contributed by atoms with Crippen molar-refractivity contribution in [1.82, 2.24) is 10.3 Å². The third kappa shape index (κ3) is 2.10. The molecule has 94 valence electrons. The van der Waals surface area contributed by atoms with Crippen LogP contribution in [-0.2, 0) is 0 Å². The summed E-state index contributed by atoms with van der Waals surface area (Å²) >= 11 is 3.60. The molecule has 1 aromatic heterocycles. The van der Waals surface area contributed by atoms with Gasteiger partial charge >= 0.3 is 0 Å². The number of nitrogens with zero attached hydrogens (tertiary/aromatic N) is 2. The third-order valence-corrected chi connectivity index (χ3v) is 3.99. The minimum atomic E-state index is 1.05. The maximum absolute atomic E-state index is 4.64. The van der Waals surface area contributed by atoms with Crippen LogP contribution in [0.5, 0.6) is 0 Å². The van der Waals surface area contributed by atoms with Gasteiger partial charge in [-0.1, -0.05) is 12.1 Å². The molecule has 1 aromatic carbocycles. The topological polar surface area (TPSA) is 28.2 Å². The van der Waals surface area contributed by atoms with Gasteiger partial charge in [0.15, 0.2) is 0 Å². The quantitative estimate of drug-likeness (QED) is 0.878. The second-order valence-corrected chi connectivity index (χ2v) is 5.51. The average molecular weight is 306 g/mol. The summed E-state index contributed by atoms with van der Waals surface area (Å²) in [6.45, 7) is 6.29. The number of halogens is 1. The van der Waals surface area contributed by atoms with E-state index in [2.05, 4.69) is 62.3 Å². The first-order valence-corrected chi connectivity index (χ1v) is 7.06. The molecule has 0 aliphatic carbocycles. The fraction of sp³-hybridized carbons (Fsp3) is 0.357. The summed E-state index contributed by atoms with van der Waals surface area (Å²) in [4.78, 5) is 7.09. The Morgan fingerprint density at radius 1 is 1.28 bits per heavy atom. The highest BCUT2D eigenvalue weighted by atomic mass is 79.9. The fourth-order valence-electron chi connectivity index (χ4n) is 2.49. The van der Waals surface area contributed by atoms with Crippen molar-refractivity contribution >= 4 is 32.5 Å². The van der Waals surface area contributed by atoms with Gasteiger partial charge in [-0.15, -0.1) is 0 Å². The molecule has 1 saturated heterocycles. The van der Waals surface area contributed by atoms with Gasteiger partial charge in [-0.3, -0.25) is 4.98 Å². The van der Waals surface area contributed by atoms with Crippen molar-refractivity contribution in [2.24, 2.45) is 0 Å². The van der Waals surface area contributed by atoms with Crippen molar-refractivity contribution in [2.75, 3.05) is 31.1 Å². The van der Waals surface area contributed by atoms with Crippen molar-refractivity contribution in [2.45, 2.75) is 6.92 Å². The normalized spacial score (nSPS) is 16.2. The van der Waals surface area contributed by atoms with E-state index in [1.54, 1.807) is 0 Å². The number of aryl methyl sites for hydroxylation is 1. The molecular weight excluding hydrogens is 290 g/mol. The Labute approximate surface area is 115 Å². The molecule has 4 heteroatoms. The number of piperazine rings is 1. The molecule has 3 rings (SSSR count). The zero-order valence-electron chi connectivity index (χ0n) is 10.4. The van der Waals surface area contributed by atoms with Gasteiger partial charge in [0.2, 0.25) is 0 Å². The first kappa shape index (κ1) is 11.9. The lowest BCUT2D eigenvalue weighted by Gasteiger charge is -2.30. The predicted octanol–water partition coefficient (Wildman–Crippen LogP) is 2.72. The minimum Gasteiger partial charge on any atom is -0.368 e. The number of aromatic nitrogens is 1. The van der Waals surface area contributed by atoms with Gasteiger partial charge < -0.3 is 10.2 Å². The molecule has 1 N–H and O–H groups in total. The summed E-state index contributed by atoms with van der Waals surface area (Å²) < 4.78 is 1.07. The lowest BCUT2D eigenvalue weighted by molar-refractivity contribution is 0.590. The van der Waals surface area contributed by atoms with E-state index in [1.165, 1.54) is 11.1 Å². The number of fused-ring (bicyclic) bond motifs is 1. The standard InChI is InChI=1S/C14H16BrN3/c1-10-9-13(18-7-5-16-6-8-18)11-3-2-4-12(15)14(11)17-10/h2-4,9,16H,5-8H2,1H3. The van der Waals surface area contributed by atoms with Crippen LogP contribution in [0.1, 0.15) is 5.69 Å². The Hall–Kier alpha value is -1.13. The molecule has 2 heterocycles. The SMILES string of the molecule is Cc1cc(N2CCNCC2)c2cccc(Br)c2n1. The van der Waals surface area contributed by atoms with Crippen molar-refractivity contribution in [3.63, 3.8) is 0 Å². The monoisotopic (exact) mass is 305 g/mol. The highest BCUT2D eigenvalue weighted by Crippen LogP contribution is 2.31. The summed E-state index contributed by atoms with van der Waals surface area (Å²) in [5, 5.41) is 4.63. The van der Waals surface area contributed by atoms with Gasteiger partial charge in [0.1, 0.15) is 0 Å². The van der Waals surface area contributed by atoms with E-state index < -0.39 is 0 Å². The summed E-state index contributed by atoms with van der Waals surface area (Å²) in [6.07, 6.45) is 0. The molecule has 0 bridgehead atoms. The molecule has 3 nitrogen and oxygen atoms in total. The molecule has 0 atom stereocenters. The summed E-state index contributed by atoms with van der Waals surface area (Å²) in [5.41, 5.74) is 3.44. The number of rotatable bonds is 1. The van der Waals surface area contributed by atoms with Crippen molar-refractivity contribution in [1.29, 1.82) is 0 Å². The van der Waals surface area contributed by atoms with Crippen molar-refractivity contribution < 1.29 is 0 Å². The number of anilines is 1. The van der Waals surface area contributed by atoms with Crippen LogP contribution < -0.4 is 10.2 Å². The van der Waals surface area contributed by atoms with Gasteiger partial charge in [0.05, 0.1) is 5.52 Å². The maximum atomic E-state index is 4.64. The van der Waals surface area contributed by atoms with Gasteiger partial charge in [0.25, 0.3) is 0 Å².